The predicted molar refractivity (Wildman–Crippen MR) is 187 cm³/mol. The fraction of sp³-hybridized carbons (Fsp3) is 0.432. The Balaban J connectivity index is 1.14. The van der Waals surface area contributed by atoms with E-state index in [4.69, 9.17) is 14.5 Å². The van der Waals surface area contributed by atoms with Crippen LogP contribution in [0, 0.1) is 0 Å². The molecule has 0 radical (unpaired) electrons. The summed E-state index contributed by atoms with van der Waals surface area (Å²) >= 11 is 0. The van der Waals surface area contributed by atoms with Gasteiger partial charge in [0, 0.05) is 57.8 Å². The molecule has 254 valence electrons. The molecule has 0 bridgehead atoms. The number of carbonyl (C=O) groups excluding carboxylic acids is 1. The minimum atomic E-state index is -0.376. The van der Waals surface area contributed by atoms with E-state index in [0.717, 1.165) is 35.3 Å². The van der Waals surface area contributed by atoms with Crippen LogP contribution in [0.5, 0.6) is 0 Å². The molecule has 12 heteroatoms. The lowest BCUT2D eigenvalue weighted by atomic mass is 9.96. The molecule has 1 aliphatic carbocycles. The lowest BCUT2D eigenvalue weighted by molar-refractivity contribution is -0.119. The highest BCUT2D eigenvalue weighted by Crippen LogP contribution is 2.57. The molecule has 5 heterocycles. The first-order valence-corrected chi connectivity index (χ1v) is 17.0. The normalized spacial score (nSPS) is 19.3. The highest BCUT2D eigenvalue weighted by molar-refractivity contribution is 6.09. The molecule has 3 aromatic heterocycles. The Morgan fingerprint density at radius 2 is 1.84 bits per heavy atom. The molecule has 8 rings (SSSR count). The van der Waals surface area contributed by atoms with Crippen molar-refractivity contribution in [1.82, 2.24) is 23.7 Å². The van der Waals surface area contributed by atoms with Crippen LogP contribution in [0.15, 0.2) is 70.4 Å². The average Bonchev–Trinajstić information content (AvgIpc) is 3.79. The second-order valence-electron chi connectivity index (χ2n) is 14.3. The largest absolute Gasteiger partial charge is 0.382 e. The number of likely N-dealkylation sites (N-methyl/N-ethyl adjacent to an activating group) is 1. The Kier molecular flexibility index (Phi) is 7.49. The smallest absolute Gasteiger partial charge is 0.350 e. The van der Waals surface area contributed by atoms with Crippen molar-refractivity contribution in [2.75, 3.05) is 43.7 Å². The molecule has 1 atom stereocenters. The minimum Gasteiger partial charge on any atom is -0.382 e. The van der Waals surface area contributed by atoms with E-state index in [1.54, 1.807) is 34.9 Å². The quantitative estimate of drug-likeness (QED) is 0.236. The number of methoxy groups -OCH3 is 1. The van der Waals surface area contributed by atoms with Gasteiger partial charge in [-0.25, -0.2) is 14.5 Å². The summed E-state index contributed by atoms with van der Waals surface area (Å²) in [6.07, 6.45) is 4.33. The first kappa shape index (κ1) is 31.5. The number of anilines is 2. The van der Waals surface area contributed by atoms with E-state index in [1.165, 1.54) is 9.08 Å². The van der Waals surface area contributed by atoms with Crippen LogP contribution < -0.4 is 21.0 Å². The van der Waals surface area contributed by atoms with Crippen molar-refractivity contribution in [2.45, 2.75) is 69.7 Å². The van der Waals surface area contributed by atoms with Crippen molar-refractivity contribution in [3.8, 4) is 0 Å². The highest BCUT2D eigenvalue weighted by atomic mass is 16.5. The highest BCUT2D eigenvalue weighted by Gasteiger charge is 2.58. The zero-order valence-corrected chi connectivity index (χ0v) is 28.4. The van der Waals surface area contributed by atoms with Gasteiger partial charge in [0.1, 0.15) is 5.82 Å². The van der Waals surface area contributed by atoms with Crippen molar-refractivity contribution in [2.24, 2.45) is 0 Å². The third kappa shape index (κ3) is 5.43. The number of hydrogen-bond donors (Lipinski definition) is 0. The number of fused-ring (bicyclic) bond motifs is 4. The van der Waals surface area contributed by atoms with E-state index in [2.05, 4.69) is 42.0 Å². The summed E-state index contributed by atoms with van der Waals surface area (Å²) in [7, 11) is 3.52. The fourth-order valence-electron chi connectivity index (χ4n) is 7.77. The SMILES string of the molecule is COC[C@H]1CN(c2ccc3c(=O)n(CCc4ccc5c(c4)N(C)C(=O)C54CC4)c(CCn4nc5ccccn5c4=O)nc3c2)CC(C)(C)O1. The van der Waals surface area contributed by atoms with Gasteiger partial charge in [0.05, 0.1) is 41.2 Å². The number of pyridine rings is 1. The van der Waals surface area contributed by atoms with E-state index in [0.29, 0.717) is 61.5 Å². The average molecular weight is 664 g/mol. The zero-order chi connectivity index (χ0) is 34.1. The molecule has 2 aliphatic heterocycles. The number of rotatable bonds is 9. The standard InChI is InChI=1S/C37H41N7O5/c1-36(2)23-41(21-26(49-36)22-48-4)25-9-10-27-29(20-25)38-31(13-18-44-35(47)43-16-6-5-7-32(43)39-44)42(33(27)45)17-12-24-8-11-28-30(19-24)40(3)34(46)37(28)14-15-37/h5-11,16,19-20,26H,12-15,17-18,21-23H2,1-4H3/t26-/m1/s1. The molecule has 1 amide bonds. The zero-order valence-electron chi connectivity index (χ0n) is 28.4. The summed E-state index contributed by atoms with van der Waals surface area (Å²) in [6.45, 7) is 6.63. The van der Waals surface area contributed by atoms with E-state index >= 15 is 0 Å². The van der Waals surface area contributed by atoms with Gasteiger partial charge >= 0.3 is 5.69 Å². The Morgan fingerprint density at radius 1 is 1.00 bits per heavy atom. The molecular weight excluding hydrogens is 622 g/mol. The van der Waals surface area contributed by atoms with Crippen LogP contribution in [0.2, 0.25) is 0 Å². The molecule has 0 N–H and O–H groups in total. The van der Waals surface area contributed by atoms with Crippen molar-refractivity contribution in [3.63, 3.8) is 0 Å². The molecule has 1 spiro atoms. The van der Waals surface area contributed by atoms with Crippen molar-refractivity contribution >= 4 is 33.8 Å². The Labute approximate surface area is 283 Å². The molecule has 1 saturated carbocycles. The fourth-order valence-corrected chi connectivity index (χ4v) is 7.77. The van der Waals surface area contributed by atoms with Crippen LogP contribution in [0.3, 0.4) is 0 Å². The monoisotopic (exact) mass is 663 g/mol. The summed E-state index contributed by atoms with van der Waals surface area (Å²) in [5, 5.41) is 5.04. The van der Waals surface area contributed by atoms with Crippen LogP contribution in [-0.2, 0) is 45.6 Å². The molecule has 12 nitrogen and oxygen atoms in total. The number of aryl methyl sites for hydroxylation is 3. The summed E-state index contributed by atoms with van der Waals surface area (Å²) < 4.78 is 16.3. The number of morpholine rings is 1. The number of benzene rings is 2. The maximum atomic E-state index is 14.2. The van der Waals surface area contributed by atoms with Gasteiger partial charge in [-0.3, -0.25) is 18.6 Å². The predicted octanol–water partition coefficient (Wildman–Crippen LogP) is 3.33. The third-order valence-corrected chi connectivity index (χ3v) is 10.3. The summed E-state index contributed by atoms with van der Waals surface area (Å²) in [5.41, 5.74) is 4.18. The minimum absolute atomic E-state index is 0.0864. The first-order chi connectivity index (χ1) is 23.6. The van der Waals surface area contributed by atoms with E-state index < -0.39 is 0 Å². The number of hydrogen-bond acceptors (Lipinski definition) is 8. The molecular formula is C37H41N7O5. The molecule has 1 saturated heterocycles. The van der Waals surface area contributed by atoms with E-state index in [1.807, 2.05) is 31.3 Å². The van der Waals surface area contributed by atoms with E-state index in [9.17, 15) is 14.4 Å². The van der Waals surface area contributed by atoms with Gasteiger partial charge in [0.15, 0.2) is 5.65 Å². The lowest BCUT2D eigenvalue weighted by Gasteiger charge is -2.43. The van der Waals surface area contributed by atoms with Gasteiger partial charge in [-0.15, -0.1) is 5.10 Å². The Morgan fingerprint density at radius 3 is 2.61 bits per heavy atom. The van der Waals surface area contributed by atoms with Crippen LogP contribution in [0.25, 0.3) is 16.6 Å². The van der Waals surface area contributed by atoms with Gasteiger partial charge in [-0.05, 0) is 80.6 Å². The molecule has 2 fully saturated rings. The van der Waals surface area contributed by atoms with Crippen LogP contribution >= 0.6 is 0 Å². The Hall–Kier alpha value is -4.81. The van der Waals surface area contributed by atoms with Gasteiger partial charge in [-0.2, -0.15) is 0 Å². The first-order valence-electron chi connectivity index (χ1n) is 17.0. The summed E-state index contributed by atoms with van der Waals surface area (Å²) in [5.74, 6) is 0.761. The number of amides is 1. The molecule has 5 aromatic rings. The summed E-state index contributed by atoms with van der Waals surface area (Å²) in [6, 6.07) is 17.5. The second kappa shape index (κ2) is 11.7. The van der Waals surface area contributed by atoms with Crippen molar-refractivity contribution < 1.29 is 14.3 Å². The molecule has 49 heavy (non-hydrogen) atoms. The van der Waals surface area contributed by atoms with Crippen molar-refractivity contribution in [1.29, 1.82) is 0 Å². The lowest BCUT2D eigenvalue weighted by Crippen LogP contribution is -2.54. The van der Waals surface area contributed by atoms with Gasteiger partial charge < -0.3 is 19.3 Å². The number of nitrogens with zero attached hydrogens (tertiary/aromatic N) is 7. The maximum Gasteiger partial charge on any atom is 0.350 e. The number of aromatic nitrogens is 5. The van der Waals surface area contributed by atoms with Gasteiger partial charge in [-0.1, -0.05) is 18.2 Å². The molecule has 0 unspecified atom stereocenters. The maximum absolute atomic E-state index is 14.2. The van der Waals surface area contributed by atoms with Gasteiger partial charge in [0.25, 0.3) is 5.56 Å². The van der Waals surface area contributed by atoms with Gasteiger partial charge in [0.2, 0.25) is 5.91 Å². The third-order valence-electron chi connectivity index (χ3n) is 10.3. The molecule has 2 aromatic carbocycles. The van der Waals surface area contributed by atoms with Crippen LogP contribution in [-0.4, -0.2) is 75.2 Å². The number of ether oxygens (including phenoxy) is 2. The molecule has 3 aliphatic rings. The topological polar surface area (TPSA) is 116 Å². The number of carbonyl (C=O) groups is 1. The van der Waals surface area contributed by atoms with E-state index in [-0.39, 0.29) is 40.8 Å². The van der Waals surface area contributed by atoms with Crippen LogP contribution in [0.4, 0.5) is 11.4 Å². The van der Waals surface area contributed by atoms with Crippen molar-refractivity contribution in [3.05, 3.63) is 98.6 Å². The van der Waals surface area contributed by atoms with Crippen LogP contribution in [0.1, 0.15) is 43.6 Å². The second-order valence-corrected chi connectivity index (χ2v) is 14.3. The summed E-state index contributed by atoms with van der Waals surface area (Å²) in [4.78, 5) is 49.4. The Bertz CT molecular complexity index is 2230.